The zero-order chi connectivity index (χ0) is 11.1. The monoisotopic (exact) mass is 216 g/mol. The van der Waals surface area contributed by atoms with Crippen molar-refractivity contribution in [3.63, 3.8) is 0 Å². The van der Waals surface area contributed by atoms with E-state index in [0.29, 0.717) is 11.3 Å². The van der Waals surface area contributed by atoms with Crippen LogP contribution in [0.1, 0.15) is 0 Å². The van der Waals surface area contributed by atoms with Gasteiger partial charge in [-0.05, 0) is 18.2 Å². The Morgan fingerprint density at radius 2 is 2.31 bits per heavy atom. The fraction of sp³-hybridized carbons (Fsp3) is 0.0909. The summed E-state index contributed by atoms with van der Waals surface area (Å²) >= 11 is 0. The van der Waals surface area contributed by atoms with Gasteiger partial charge in [-0.25, -0.2) is 4.98 Å². The van der Waals surface area contributed by atoms with E-state index in [4.69, 9.17) is 0 Å². The van der Waals surface area contributed by atoms with Gasteiger partial charge in [-0.2, -0.15) is 4.39 Å². The Kier molecular flexibility index (Phi) is 1.80. The first-order valence-electron chi connectivity index (χ1n) is 4.87. The van der Waals surface area contributed by atoms with Gasteiger partial charge < -0.3 is 4.98 Å². The summed E-state index contributed by atoms with van der Waals surface area (Å²) in [5.41, 5.74) is 1.90. The standard InChI is InChI=1S/C11H9FN4/c1-16-6-8(10(12)15-16)9-5-7-3-2-4-13-11(7)14-9/h2-6H,1H3,(H,13,14). The van der Waals surface area contributed by atoms with Gasteiger partial charge in [-0.1, -0.05) is 0 Å². The molecule has 0 atom stereocenters. The van der Waals surface area contributed by atoms with Crippen LogP contribution in [0.15, 0.2) is 30.6 Å². The van der Waals surface area contributed by atoms with Crippen molar-refractivity contribution in [3.8, 4) is 11.3 Å². The molecule has 0 aliphatic carbocycles. The van der Waals surface area contributed by atoms with Crippen LogP contribution in [0.3, 0.4) is 0 Å². The van der Waals surface area contributed by atoms with Gasteiger partial charge in [-0.15, -0.1) is 5.10 Å². The smallest absolute Gasteiger partial charge is 0.241 e. The van der Waals surface area contributed by atoms with Crippen LogP contribution in [-0.2, 0) is 7.05 Å². The molecule has 0 saturated heterocycles. The Labute approximate surface area is 90.7 Å². The second kappa shape index (κ2) is 3.16. The quantitative estimate of drug-likeness (QED) is 0.677. The summed E-state index contributed by atoms with van der Waals surface area (Å²) in [7, 11) is 1.69. The number of halogens is 1. The van der Waals surface area contributed by atoms with Crippen LogP contribution in [0.25, 0.3) is 22.3 Å². The predicted molar refractivity (Wildman–Crippen MR) is 58.3 cm³/mol. The summed E-state index contributed by atoms with van der Waals surface area (Å²) in [6.07, 6.45) is 3.34. The van der Waals surface area contributed by atoms with Crippen LogP contribution >= 0.6 is 0 Å². The van der Waals surface area contributed by atoms with Crippen molar-refractivity contribution >= 4 is 11.0 Å². The Morgan fingerprint density at radius 3 is 3.00 bits per heavy atom. The molecule has 0 amide bonds. The van der Waals surface area contributed by atoms with Gasteiger partial charge in [0.2, 0.25) is 5.95 Å². The molecule has 0 saturated carbocycles. The number of rotatable bonds is 1. The molecule has 3 rings (SSSR count). The molecular formula is C11H9FN4. The van der Waals surface area contributed by atoms with Gasteiger partial charge in [0.1, 0.15) is 5.65 Å². The van der Waals surface area contributed by atoms with Gasteiger partial charge >= 0.3 is 0 Å². The molecule has 3 heterocycles. The third kappa shape index (κ3) is 1.29. The van der Waals surface area contributed by atoms with Crippen molar-refractivity contribution in [2.24, 2.45) is 7.05 Å². The molecule has 16 heavy (non-hydrogen) atoms. The SMILES string of the molecule is Cn1cc(-c2cc3cccnc3[nH]2)c(F)n1. The number of nitrogens with zero attached hydrogens (tertiary/aromatic N) is 3. The molecule has 4 nitrogen and oxygen atoms in total. The molecule has 0 bridgehead atoms. The Hall–Kier alpha value is -2.17. The molecule has 0 aromatic carbocycles. The van der Waals surface area contributed by atoms with Gasteiger partial charge in [0.05, 0.1) is 11.3 Å². The molecule has 3 aromatic rings. The third-order valence-electron chi connectivity index (χ3n) is 2.47. The predicted octanol–water partition coefficient (Wildman–Crippen LogP) is 2.10. The third-order valence-corrected chi connectivity index (χ3v) is 2.47. The average molecular weight is 216 g/mol. The lowest BCUT2D eigenvalue weighted by Crippen LogP contribution is -1.86. The van der Waals surface area contributed by atoms with Crippen LogP contribution in [-0.4, -0.2) is 19.7 Å². The van der Waals surface area contributed by atoms with E-state index in [1.54, 1.807) is 19.4 Å². The van der Waals surface area contributed by atoms with Crippen LogP contribution < -0.4 is 0 Å². The highest BCUT2D eigenvalue weighted by Gasteiger charge is 2.11. The summed E-state index contributed by atoms with van der Waals surface area (Å²) in [5.74, 6) is -0.478. The van der Waals surface area contributed by atoms with E-state index in [1.807, 2.05) is 18.2 Å². The van der Waals surface area contributed by atoms with E-state index in [1.165, 1.54) is 4.68 Å². The molecule has 80 valence electrons. The van der Waals surface area contributed by atoms with Crippen LogP contribution in [0.2, 0.25) is 0 Å². The minimum absolute atomic E-state index is 0.459. The van der Waals surface area contributed by atoms with Crippen molar-refractivity contribution < 1.29 is 4.39 Å². The van der Waals surface area contributed by atoms with E-state index < -0.39 is 5.95 Å². The van der Waals surface area contributed by atoms with E-state index >= 15 is 0 Å². The second-order valence-electron chi connectivity index (χ2n) is 3.63. The molecule has 0 radical (unpaired) electrons. The van der Waals surface area contributed by atoms with Crippen LogP contribution in [0.5, 0.6) is 0 Å². The molecule has 0 aliphatic heterocycles. The van der Waals surface area contributed by atoms with E-state index in [2.05, 4.69) is 15.1 Å². The van der Waals surface area contributed by atoms with Gasteiger partial charge in [0.15, 0.2) is 0 Å². The van der Waals surface area contributed by atoms with E-state index in [0.717, 1.165) is 11.0 Å². The molecule has 0 spiro atoms. The summed E-state index contributed by atoms with van der Waals surface area (Å²) < 4.78 is 14.9. The summed E-state index contributed by atoms with van der Waals surface area (Å²) in [6, 6.07) is 5.64. The number of hydrogen-bond acceptors (Lipinski definition) is 2. The lowest BCUT2D eigenvalue weighted by Gasteiger charge is -1.89. The molecule has 0 fully saturated rings. The average Bonchev–Trinajstić information content (AvgIpc) is 2.81. The Morgan fingerprint density at radius 1 is 1.44 bits per heavy atom. The molecule has 3 aromatic heterocycles. The fourth-order valence-electron chi connectivity index (χ4n) is 1.74. The maximum atomic E-state index is 13.5. The van der Waals surface area contributed by atoms with Crippen molar-refractivity contribution in [2.75, 3.05) is 0 Å². The zero-order valence-electron chi connectivity index (χ0n) is 8.61. The zero-order valence-corrected chi connectivity index (χ0v) is 8.61. The highest BCUT2D eigenvalue weighted by Crippen LogP contribution is 2.24. The van der Waals surface area contributed by atoms with E-state index in [9.17, 15) is 4.39 Å². The topological polar surface area (TPSA) is 46.5 Å². The van der Waals surface area contributed by atoms with Gasteiger partial charge in [0.25, 0.3) is 0 Å². The van der Waals surface area contributed by atoms with Crippen molar-refractivity contribution in [1.29, 1.82) is 0 Å². The minimum atomic E-state index is -0.478. The Bertz CT molecular complexity index is 620. The first-order chi connectivity index (χ1) is 7.74. The second-order valence-corrected chi connectivity index (χ2v) is 3.63. The molecule has 1 N–H and O–H groups in total. The summed E-state index contributed by atoms with van der Waals surface area (Å²) in [5, 5.41) is 4.63. The van der Waals surface area contributed by atoms with E-state index in [-0.39, 0.29) is 0 Å². The maximum Gasteiger partial charge on any atom is 0.241 e. The van der Waals surface area contributed by atoms with Crippen molar-refractivity contribution in [2.45, 2.75) is 0 Å². The number of H-pyrrole nitrogens is 1. The van der Waals surface area contributed by atoms with Gasteiger partial charge in [0, 0.05) is 24.8 Å². The van der Waals surface area contributed by atoms with Crippen LogP contribution in [0.4, 0.5) is 4.39 Å². The number of aryl methyl sites for hydroxylation is 1. The number of nitrogens with one attached hydrogen (secondary N) is 1. The number of fused-ring (bicyclic) bond motifs is 1. The largest absolute Gasteiger partial charge is 0.339 e. The Balaban J connectivity index is 2.22. The first-order valence-corrected chi connectivity index (χ1v) is 4.87. The first kappa shape index (κ1) is 9.08. The molecule has 0 unspecified atom stereocenters. The normalized spacial score (nSPS) is 11.1. The minimum Gasteiger partial charge on any atom is -0.339 e. The lowest BCUT2D eigenvalue weighted by atomic mass is 10.2. The lowest BCUT2D eigenvalue weighted by molar-refractivity contribution is 0.555. The number of aromatic amines is 1. The molecular weight excluding hydrogens is 207 g/mol. The summed E-state index contributed by atoms with van der Waals surface area (Å²) in [6.45, 7) is 0. The van der Waals surface area contributed by atoms with Crippen LogP contribution in [0, 0.1) is 5.95 Å². The highest BCUT2D eigenvalue weighted by atomic mass is 19.1. The molecule has 5 heteroatoms. The van der Waals surface area contributed by atoms with Crippen molar-refractivity contribution in [3.05, 3.63) is 36.5 Å². The van der Waals surface area contributed by atoms with Crippen molar-refractivity contribution in [1.82, 2.24) is 19.7 Å². The van der Waals surface area contributed by atoms with Gasteiger partial charge in [-0.3, -0.25) is 4.68 Å². The highest BCUT2D eigenvalue weighted by molar-refractivity contribution is 5.82. The number of pyridine rings is 1. The maximum absolute atomic E-state index is 13.5. The number of hydrogen-bond donors (Lipinski definition) is 1. The summed E-state index contributed by atoms with van der Waals surface area (Å²) in [4.78, 5) is 7.22. The fourth-order valence-corrected chi connectivity index (χ4v) is 1.74. The molecule has 0 aliphatic rings. The number of aromatic nitrogens is 4.